The highest BCUT2D eigenvalue weighted by Crippen LogP contribution is 2.29. The first-order valence-corrected chi connectivity index (χ1v) is 9.99. The van der Waals surface area contributed by atoms with Crippen LogP contribution in [0.4, 0.5) is 16.5 Å². The molecule has 3 aromatic rings. The Kier molecular flexibility index (Phi) is 6.29. The van der Waals surface area contributed by atoms with Gasteiger partial charge in [-0.2, -0.15) is 0 Å². The summed E-state index contributed by atoms with van der Waals surface area (Å²) in [6, 6.07) is 14.9. The second-order valence-electron chi connectivity index (χ2n) is 6.83. The van der Waals surface area contributed by atoms with E-state index in [0.29, 0.717) is 16.4 Å². The lowest BCUT2D eigenvalue weighted by molar-refractivity contribution is -0.115. The van der Waals surface area contributed by atoms with E-state index in [0.717, 1.165) is 16.9 Å². The minimum absolute atomic E-state index is 0.0460. The molecule has 0 spiro atoms. The second-order valence-corrected chi connectivity index (χ2v) is 7.67. The van der Waals surface area contributed by atoms with Gasteiger partial charge in [-0.3, -0.25) is 9.69 Å². The van der Waals surface area contributed by atoms with E-state index in [2.05, 4.69) is 4.98 Å². The van der Waals surface area contributed by atoms with Crippen LogP contribution in [0.2, 0.25) is 0 Å². The quantitative estimate of drug-likeness (QED) is 0.559. The van der Waals surface area contributed by atoms with E-state index in [1.54, 1.807) is 22.4 Å². The summed E-state index contributed by atoms with van der Waals surface area (Å²) >= 11 is 1.34. The standard InChI is InChI=1S/C22H23N3O3S/c1-15-6-5-7-20(12-15)25(16(2)26)22-23-18(14-29-22)13-28-21(27)17-8-10-19(11-9-17)24(3)4/h5-12,14H,13H2,1-4H3. The summed E-state index contributed by atoms with van der Waals surface area (Å²) in [5.41, 5.74) is 3.90. The Labute approximate surface area is 174 Å². The van der Waals surface area contributed by atoms with Gasteiger partial charge < -0.3 is 9.64 Å². The fourth-order valence-electron chi connectivity index (χ4n) is 2.78. The molecule has 0 saturated carbocycles. The van der Waals surface area contributed by atoms with Crippen LogP contribution in [0.1, 0.15) is 28.5 Å². The summed E-state index contributed by atoms with van der Waals surface area (Å²) in [6.07, 6.45) is 0. The van der Waals surface area contributed by atoms with E-state index in [-0.39, 0.29) is 12.5 Å². The van der Waals surface area contributed by atoms with Crippen molar-refractivity contribution in [2.24, 2.45) is 0 Å². The third-order valence-electron chi connectivity index (χ3n) is 4.28. The lowest BCUT2D eigenvalue weighted by Gasteiger charge is -2.18. The number of carbonyl (C=O) groups excluding carboxylic acids is 2. The maximum atomic E-state index is 12.3. The van der Waals surface area contributed by atoms with Gasteiger partial charge in [-0.15, -0.1) is 11.3 Å². The van der Waals surface area contributed by atoms with E-state index < -0.39 is 5.97 Å². The molecule has 1 amide bonds. The number of hydrogen-bond acceptors (Lipinski definition) is 6. The van der Waals surface area contributed by atoms with Gasteiger partial charge in [-0.25, -0.2) is 9.78 Å². The van der Waals surface area contributed by atoms with Gasteiger partial charge in [0.05, 0.1) is 16.9 Å². The number of aromatic nitrogens is 1. The number of rotatable bonds is 6. The highest BCUT2D eigenvalue weighted by molar-refractivity contribution is 7.14. The third-order valence-corrected chi connectivity index (χ3v) is 5.15. The van der Waals surface area contributed by atoms with Crippen LogP contribution in [-0.4, -0.2) is 31.0 Å². The predicted octanol–water partition coefficient (Wildman–Crippen LogP) is 4.56. The molecule has 3 rings (SSSR count). The van der Waals surface area contributed by atoms with Gasteiger partial charge >= 0.3 is 5.97 Å². The Bertz CT molecular complexity index is 1010. The SMILES string of the molecule is CC(=O)N(c1cccc(C)c1)c1nc(COC(=O)c2ccc(N(C)C)cc2)cs1. The van der Waals surface area contributed by atoms with Crippen molar-refractivity contribution in [3.8, 4) is 0 Å². The zero-order valence-electron chi connectivity index (χ0n) is 16.9. The fourth-order valence-corrected chi connectivity index (χ4v) is 3.65. The van der Waals surface area contributed by atoms with Crippen LogP contribution in [-0.2, 0) is 16.1 Å². The maximum Gasteiger partial charge on any atom is 0.338 e. The zero-order valence-corrected chi connectivity index (χ0v) is 17.7. The molecular weight excluding hydrogens is 386 g/mol. The monoisotopic (exact) mass is 409 g/mol. The van der Waals surface area contributed by atoms with Crippen LogP contribution in [0.5, 0.6) is 0 Å². The first kappa shape index (κ1) is 20.5. The molecule has 7 heteroatoms. The number of esters is 1. The Balaban J connectivity index is 1.69. The van der Waals surface area contributed by atoms with Crippen LogP contribution in [0.3, 0.4) is 0 Å². The third kappa shape index (κ3) is 5.00. The summed E-state index contributed by atoms with van der Waals surface area (Å²) in [5.74, 6) is -0.540. The average Bonchev–Trinajstić information content (AvgIpc) is 3.14. The Morgan fingerprint density at radius 3 is 2.41 bits per heavy atom. The molecule has 0 N–H and O–H groups in total. The molecule has 1 heterocycles. The first-order valence-electron chi connectivity index (χ1n) is 9.11. The van der Waals surface area contributed by atoms with Crippen LogP contribution in [0.15, 0.2) is 53.9 Å². The summed E-state index contributed by atoms with van der Waals surface area (Å²) < 4.78 is 5.38. The smallest absolute Gasteiger partial charge is 0.338 e. The molecular formula is C22H23N3O3S. The molecule has 0 aliphatic heterocycles. The van der Waals surface area contributed by atoms with Crippen molar-refractivity contribution in [2.45, 2.75) is 20.5 Å². The molecule has 0 saturated heterocycles. The van der Waals surface area contributed by atoms with Gasteiger partial charge in [0.1, 0.15) is 6.61 Å². The number of aryl methyl sites for hydroxylation is 1. The van der Waals surface area contributed by atoms with Crippen molar-refractivity contribution >= 4 is 39.7 Å². The number of ether oxygens (including phenoxy) is 1. The Morgan fingerprint density at radius 1 is 1.07 bits per heavy atom. The number of thiazole rings is 1. The van der Waals surface area contributed by atoms with E-state index in [1.807, 2.05) is 62.3 Å². The van der Waals surface area contributed by atoms with Crippen LogP contribution < -0.4 is 9.80 Å². The highest BCUT2D eigenvalue weighted by atomic mass is 32.1. The minimum atomic E-state index is -0.410. The van der Waals surface area contributed by atoms with Crippen molar-refractivity contribution in [2.75, 3.05) is 23.9 Å². The van der Waals surface area contributed by atoms with Crippen molar-refractivity contribution in [3.63, 3.8) is 0 Å². The maximum absolute atomic E-state index is 12.3. The van der Waals surface area contributed by atoms with Crippen LogP contribution in [0.25, 0.3) is 0 Å². The van der Waals surface area contributed by atoms with Gasteiger partial charge in [0.2, 0.25) is 5.91 Å². The molecule has 2 aromatic carbocycles. The number of nitrogens with zero attached hydrogens (tertiary/aromatic N) is 3. The molecule has 0 atom stereocenters. The molecule has 0 radical (unpaired) electrons. The van der Waals surface area contributed by atoms with Crippen molar-refractivity contribution in [1.29, 1.82) is 0 Å². The molecule has 150 valence electrons. The van der Waals surface area contributed by atoms with Crippen molar-refractivity contribution in [1.82, 2.24) is 4.98 Å². The first-order chi connectivity index (χ1) is 13.8. The number of carbonyl (C=O) groups is 2. The van der Waals surface area contributed by atoms with Gasteiger partial charge in [0.15, 0.2) is 5.13 Å². The van der Waals surface area contributed by atoms with Crippen molar-refractivity contribution in [3.05, 3.63) is 70.7 Å². The molecule has 29 heavy (non-hydrogen) atoms. The molecule has 0 unspecified atom stereocenters. The second kappa shape index (κ2) is 8.87. The Morgan fingerprint density at radius 2 is 1.79 bits per heavy atom. The van der Waals surface area contributed by atoms with E-state index in [4.69, 9.17) is 4.74 Å². The number of benzene rings is 2. The van der Waals surface area contributed by atoms with Gasteiger partial charge in [0.25, 0.3) is 0 Å². The summed E-state index contributed by atoms with van der Waals surface area (Å²) in [4.78, 5) is 32.5. The molecule has 6 nitrogen and oxygen atoms in total. The molecule has 0 aliphatic rings. The summed E-state index contributed by atoms with van der Waals surface area (Å²) in [6.45, 7) is 3.52. The van der Waals surface area contributed by atoms with Gasteiger partial charge in [-0.05, 0) is 48.9 Å². The zero-order chi connectivity index (χ0) is 21.0. The number of anilines is 3. The predicted molar refractivity (Wildman–Crippen MR) is 116 cm³/mol. The van der Waals surface area contributed by atoms with E-state index >= 15 is 0 Å². The van der Waals surface area contributed by atoms with E-state index in [1.165, 1.54) is 18.3 Å². The lowest BCUT2D eigenvalue weighted by Crippen LogP contribution is -2.22. The largest absolute Gasteiger partial charge is 0.456 e. The van der Waals surface area contributed by atoms with E-state index in [9.17, 15) is 9.59 Å². The number of amides is 1. The normalized spacial score (nSPS) is 10.5. The van der Waals surface area contributed by atoms with Crippen LogP contribution >= 0.6 is 11.3 Å². The average molecular weight is 410 g/mol. The summed E-state index contributed by atoms with van der Waals surface area (Å²) in [7, 11) is 3.88. The lowest BCUT2D eigenvalue weighted by atomic mass is 10.2. The molecule has 0 aliphatic carbocycles. The topological polar surface area (TPSA) is 62.7 Å². The van der Waals surface area contributed by atoms with Gasteiger partial charge in [-0.1, -0.05) is 12.1 Å². The minimum Gasteiger partial charge on any atom is -0.456 e. The Hall–Kier alpha value is -3.19. The molecule has 1 aromatic heterocycles. The highest BCUT2D eigenvalue weighted by Gasteiger charge is 2.18. The summed E-state index contributed by atoms with van der Waals surface area (Å²) in [5, 5.41) is 2.34. The molecule has 0 fully saturated rings. The fraction of sp³-hybridized carbons (Fsp3) is 0.227. The molecule has 0 bridgehead atoms. The van der Waals surface area contributed by atoms with Crippen LogP contribution in [0, 0.1) is 6.92 Å². The van der Waals surface area contributed by atoms with Crippen molar-refractivity contribution < 1.29 is 14.3 Å². The van der Waals surface area contributed by atoms with Gasteiger partial charge in [0, 0.05) is 32.1 Å². The number of hydrogen-bond donors (Lipinski definition) is 0.